The van der Waals surface area contributed by atoms with Gasteiger partial charge in [-0.2, -0.15) is 0 Å². The summed E-state index contributed by atoms with van der Waals surface area (Å²) in [5.41, 5.74) is 2.84. The molecule has 2 amide bonds. The number of nitrogens with one attached hydrogen (secondary N) is 1. The van der Waals surface area contributed by atoms with Crippen molar-refractivity contribution in [1.82, 2.24) is 10.2 Å². The van der Waals surface area contributed by atoms with Crippen LogP contribution in [0.3, 0.4) is 0 Å². The molecule has 7 nitrogen and oxygen atoms in total. The highest BCUT2D eigenvalue weighted by Gasteiger charge is 2.54. The molecular weight excluding hydrogens is 464 g/mol. The minimum Gasteiger partial charge on any atom is -0.497 e. The zero-order chi connectivity index (χ0) is 24.8. The molecule has 2 aliphatic heterocycles. The van der Waals surface area contributed by atoms with Gasteiger partial charge in [0.05, 0.1) is 13.5 Å². The zero-order valence-electron chi connectivity index (χ0n) is 19.6. The number of ether oxygens (including phenoxy) is 2. The minimum absolute atomic E-state index is 0.0815. The molecule has 0 saturated carbocycles. The molecule has 2 aromatic carbocycles. The Kier molecular flexibility index (Phi) is 7.92. The van der Waals surface area contributed by atoms with Crippen molar-refractivity contribution in [2.75, 3.05) is 12.9 Å². The quantitative estimate of drug-likeness (QED) is 0.310. The molecule has 0 aromatic heterocycles. The molecule has 0 aliphatic carbocycles. The van der Waals surface area contributed by atoms with E-state index in [1.165, 1.54) is 4.90 Å². The Balaban J connectivity index is 1.44. The molecule has 2 heterocycles. The fourth-order valence-electron chi connectivity index (χ4n) is 4.08. The second-order valence-corrected chi connectivity index (χ2v) is 9.43. The first-order chi connectivity index (χ1) is 17.0. The lowest BCUT2D eigenvalue weighted by atomic mass is 10.00. The van der Waals surface area contributed by atoms with Crippen LogP contribution in [0.15, 0.2) is 78.5 Å². The second-order valence-electron chi connectivity index (χ2n) is 8.32. The fourth-order valence-corrected chi connectivity index (χ4v) is 5.47. The number of amides is 2. The zero-order valence-corrected chi connectivity index (χ0v) is 20.4. The first-order valence-electron chi connectivity index (χ1n) is 11.4. The van der Waals surface area contributed by atoms with Crippen LogP contribution in [0, 0.1) is 0 Å². The number of benzene rings is 2. The summed E-state index contributed by atoms with van der Waals surface area (Å²) in [6, 6.07) is 16.0. The van der Waals surface area contributed by atoms with E-state index in [0.717, 1.165) is 16.7 Å². The van der Waals surface area contributed by atoms with Crippen molar-refractivity contribution in [2.45, 2.75) is 37.3 Å². The van der Waals surface area contributed by atoms with Crippen LogP contribution in [-0.2, 0) is 32.1 Å². The van der Waals surface area contributed by atoms with Gasteiger partial charge in [-0.15, -0.1) is 18.3 Å². The lowest BCUT2D eigenvalue weighted by Gasteiger charge is -2.49. The number of β-lactam (4-membered cyclic amide) rings is 1. The van der Waals surface area contributed by atoms with Crippen molar-refractivity contribution >= 4 is 29.5 Å². The van der Waals surface area contributed by atoms with E-state index in [9.17, 15) is 14.4 Å². The standard InChI is InChI=1S/C27H28N2O5S/c1-3-4-10-20-17-35-26-23(28-22(30)15-18-8-6-5-7-9-18)25(31)29(26)24(20)27(32)34-16-19-11-13-21(33-2)14-12-19/h3,5-9,11-14,23,26H,1,4,10,15-17H2,2H3,(H,28,30)/t23-,26-/m1/s1. The maximum absolute atomic E-state index is 13.2. The van der Waals surface area contributed by atoms with Crippen molar-refractivity contribution in [1.29, 1.82) is 0 Å². The molecule has 1 N–H and O–H groups in total. The van der Waals surface area contributed by atoms with Gasteiger partial charge in [0.1, 0.15) is 29.5 Å². The van der Waals surface area contributed by atoms with E-state index in [1.54, 1.807) is 37.1 Å². The van der Waals surface area contributed by atoms with E-state index in [2.05, 4.69) is 11.9 Å². The molecule has 1 saturated heterocycles. The van der Waals surface area contributed by atoms with Crippen molar-refractivity contribution in [3.05, 3.63) is 89.6 Å². The summed E-state index contributed by atoms with van der Waals surface area (Å²) in [4.78, 5) is 40.3. The van der Waals surface area contributed by atoms with E-state index in [1.807, 2.05) is 42.5 Å². The average Bonchev–Trinajstić information content (AvgIpc) is 2.89. The Bertz CT molecular complexity index is 1130. The third kappa shape index (κ3) is 5.59. The van der Waals surface area contributed by atoms with Gasteiger partial charge in [-0.3, -0.25) is 14.5 Å². The van der Waals surface area contributed by atoms with Crippen molar-refractivity contribution in [3.63, 3.8) is 0 Å². The van der Waals surface area contributed by atoms with E-state index in [-0.39, 0.29) is 30.2 Å². The fraction of sp³-hybridized carbons (Fsp3) is 0.296. The van der Waals surface area contributed by atoms with E-state index >= 15 is 0 Å². The number of carbonyl (C=O) groups is 3. The maximum Gasteiger partial charge on any atom is 0.355 e. The number of methoxy groups -OCH3 is 1. The van der Waals surface area contributed by atoms with Gasteiger partial charge in [-0.05, 0) is 41.7 Å². The van der Waals surface area contributed by atoms with Gasteiger partial charge in [0.15, 0.2) is 0 Å². The summed E-state index contributed by atoms with van der Waals surface area (Å²) in [6.45, 7) is 3.84. The number of rotatable bonds is 10. The van der Waals surface area contributed by atoms with Crippen LogP contribution in [0.25, 0.3) is 0 Å². The summed E-state index contributed by atoms with van der Waals surface area (Å²) in [6.07, 6.45) is 3.29. The molecule has 0 unspecified atom stereocenters. The molecule has 0 bridgehead atoms. The van der Waals surface area contributed by atoms with Crippen LogP contribution in [0.5, 0.6) is 5.75 Å². The third-order valence-electron chi connectivity index (χ3n) is 5.94. The normalized spacial score (nSPS) is 18.9. The Morgan fingerprint density at radius 3 is 2.57 bits per heavy atom. The highest BCUT2D eigenvalue weighted by molar-refractivity contribution is 8.00. The second kappa shape index (κ2) is 11.3. The van der Waals surface area contributed by atoms with Crippen LogP contribution < -0.4 is 10.1 Å². The van der Waals surface area contributed by atoms with Crippen LogP contribution in [0.1, 0.15) is 24.0 Å². The highest BCUT2D eigenvalue weighted by atomic mass is 32.2. The number of hydrogen-bond donors (Lipinski definition) is 1. The predicted octanol–water partition coefficient (Wildman–Crippen LogP) is 3.60. The van der Waals surface area contributed by atoms with Crippen LogP contribution in [0.2, 0.25) is 0 Å². The van der Waals surface area contributed by atoms with E-state index in [0.29, 0.717) is 30.0 Å². The lowest BCUT2D eigenvalue weighted by molar-refractivity contribution is -0.153. The molecular formula is C27H28N2O5S. The summed E-state index contributed by atoms with van der Waals surface area (Å²) in [7, 11) is 1.59. The van der Waals surface area contributed by atoms with Gasteiger partial charge in [0.25, 0.3) is 5.91 Å². The first kappa shape index (κ1) is 24.6. The number of thioether (sulfide) groups is 1. The maximum atomic E-state index is 13.2. The molecule has 0 radical (unpaired) electrons. The van der Waals surface area contributed by atoms with Gasteiger partial charge in [0.2, 0.25) is 5.91 Å². The number of allylic oxidation sites excluding steroid dienone is 1. The molecule has 182 valence electrons. The number of hydrogen-bond acceptors (Lipinski definition) is 6. The molecule has 2 atom stereocenters. The SMILES string of the molecule is C=CCCC1=C(C(=O)OCc2ccc(OC)cc2)N2C(=O)[C@@H](NC(=O)Cc3ccccc3)[C@H]2SC1. The first-order valence-corrected chi connectivity index (χ1v) is 12.5. The van der Waals surface area contributed by atoms with Gasteiger partial charge in [-0.1, -0.05) is 48.5 Å². The van der Waals surface area contributed by atoms with Crippen LogP contribution in [0.4, 0.5) is 0 Å². The number of carbonyl (C=O) groups excluding carboxylic acids is 3. The Morgan fingerprint density at radius 1 is 1.14 bits per heavy atom. The van der Waals surface area contributed by atoms with Gasteiger partial charge < -0.3 is 14.8 Å². The van der Waals surface area contributed by atoms with Gasteiger partial charge in [0, 0.05) is 5.75 Å². The van der Waals surface area contributed by atoms with Crippen LogP contribution in [-0.4, -0.2) is 47.0 Å². The topological polar surface area (TPSA) is 84.9 Å². The Labute approximate surface area is 209 Å². The minimum atomic E-state index is -0.665. The van der Waals surface area contributed by atoms with Gasteiger partial charge >= 0.3 is 5.97 Å². The summed E-state index contributed by atoms with van der Waals surface area (Å²) < 4.78 is 10.8. The molecule has 1 fully saturated rings. The molecule has 0 spiro atoms. The lowest BCUT2D eigenvalue weighted by Crippen LogP contribution is -2.70. The molecule has 4 rings (SSSR count). The van der Waals surface area contributed by atoms with E-state index < -0.39 is 12.0 Å². The number of fused-ring (bicyclic) bond motifs is 1. The molecule has 35 heavy (non-hydrogen) atoms. The largest absolute Gasteiger partial charge is 0.497 e. The third-order valence-corrected chi connectivity index (χ3v) is 7.28. The Hall–Kier alpha value is -3.52. The van der Waals surface area contributed by atoms with E-state index in [4.69, 9.17) is 9.47 Å². The monoisotopic (exact) mass is 492 g/mol. The molecule has 8 heteroatoms. The number of nitrogens with zero attached hydrogens (tertiary/aromatic N) is 1. The van der Waals surface area contributed by atoms with Crippen molar-refractivity contribution in [3.8, 4) is 5.75 Å². The Morgan fingerprint density at radius 2 is 1.89 bits per heavy atom. The average molecular weight is 493 g/mol. The van der Waals surface area contributed by atoms with Crippen molar-refractivity contribution in [2.24, 2.45) is 0 Å². The highest BCUT2D eigenvalue weighted by Crippen LogP contribution is 2.42. The smallest absolute Gasteiger partial charge is 0.355 e. The van der Waals surface area contributed by atoms with Gasteiger partial charge in [-0.25, -0.2) is 4.79 Å². The molecule has 2 aliphatic rings. The molecule has 2 aromatic rings. The summed E-state index contributed by atoms with van der Waals surface area (Å²) in [5, 5.41) is 2.51. The summed E-state index contributed by atoms with van der Waals surface area (Å²) in [5.74, 6) is 0.247. The predicted molar refractivity (Wildman–Crippen MR) is 134 cm³/mol. The van der Waals surface area contributed by atoms with Crippen LogP contribution >= 0.6 is 11.8 Å². The van der Waals surface area contributed by atoms with Crippen molar-refractivity contribution < 1.29 is 23.9 Å². The summed E-state index contributed by atoms with van der Waals surface area (Å²) >= 11 is 1.55. The number of esters is 1.